The van der Waals surface area contributed by atoms with E-state index in [1.54, 1.807) is 41.2 Å². The molecule has 134 valence electrons. The highest BCUT2D eigenvalue weighted by Gasteiger charge is 2.25. The Bertz CT molecular complexity index is 1090. The van der Waals surface area contributed by atoms with E-state index < -0.39 is 5.97 Å². The first-order valence-electron chi connectivity index (χ1n) is 8.13. The number of rotatable bonds is 4. The normalized spacial score (nSPS) is 15.1. The minimum Gasteiger partial charge on any atom is -0.402 e. The molecule has 0 N–H and O–H groups in total. The molecule has 0 saturated carbocycles. The fraction of sp³-hybridized carbons (Fsp3) is 0.0500. The Morgan fingerprint density at radius 2 is 1.78 bits per heavy atom. The van der Waals surface area contributed by atoms with E-state index in [0.717, 1.165) is 11.1 Å². The first-order valence-corrected chi connectivity index (χ1v) is 8.89. The van der Waals surface area contributed by atoms with Crippen LogP contribution in [0.4, 0.5) is 0 Å². The Kier molecular flexibility index (Phi) is 4.79. The maximum Gasteiger partial charge on any atom is 0.363 e. The smallest absolute Gasteiger partial charge is 0.363 e. The molecule has 0 saturated heterocycles. The number of esters is 1. The fourth-order valence-electron chi connectivity index (χ4n) is 2.66. The Balaban J connectivity index is 1.57. The molecule has 0 unspecified atom stereocenters. The van der Waals surface area contributed by atoms with Gasteiger partial charge in [0.15, 0.2) is 5.70 Å². The lowest BCUT2D eigenvalue weighted by Crippen LogP contribution is -2.05. The molecule has 0 aliphatic carbocycles. The van der Waals surface area contributed by atoms with Crippen molar-refractivity contribution >= 4 is 41.1 Å². The summed E-state index contributed by atoms with van der Waals surface area (Å²) in [6.45, 7) is 0.529. The number of halogens is 2. The molecule has 2 heterocycles. The van der Waals surface area contributed by atoms with E-state index in [1.807, 2.05) is 30.5 Å². The quantitative estimate of drug-likeness (QED) is 0.478. The largest absolute Gasteiger partial charge is 0.402 e. The van der Waals surface area contributed by atoms with Crippen molar-refractivity contribution in [3.05, 3.63) is 93.4 Å². The lowest BCUT2D eigenvalue weighted by Gasteiger charge is -2.03. The number of ether oxygens (including phenoxy) is 1. The summed E-state index contributed by atoms with van der Waals surface area (Å²) in [5.74, 6) is -0.330. The minimum atomic E-state index is -0.524. The Hall–Kier alpha value is -2.89. The third-order valence-corrected chi connectivity index (χ3v) is 4.67. The van der Waals surface area contributed by atoms with Crippen LogP contribution in [0.25, 0.3) is 6.08 Å². The van der Waals surface area contributed by atoms with Crippen molar-refractivity contribution in [2.24, 2.45) is 4.99 Å². The number of aromatic nitrogens is 2. The van der Waals surface area contributed by atoms with Crippen LogP contribution in [0.2, 0.25) is 10.0 Å². The van der Waals surface area contributed by atoms with Crippen LogP contribution in [0.1, 0.15) is 16.7 Å². The fourth-order valence-corrected chi connectivity index (χ4v) is 3.07. The topological polar surface area (TPSA) is 56.5 Å². The van der Waals surface area contributed by atoms with Gasteiger partial charge in [0.05, 0.1) is 23.3 Å². The molecule has 5 nitrogen and oxygen atoms in total. The zero-order valence-electron chi connectivity index (χ0n) is 14.0. The lowest BCUT2D eigenvalue weighted by atomic mass is 10.2. The van der Waals surface area contributed by atoms with Gasteiger partial charge in [-0.3, -0.25) is 4.68 Å². The number of carbonyl (C=O) groups is 1. The maximum absolute atomic E-state index is 12.1. The average molecular weight is 398 g/mol. The van der Waals surface area contributed by atoms with E-state index >= 15 is 0 Å². The molecule has 0 atom stereocenters. The zero-order chi connectivity index (χ0) is 18.8. The Morgan fingerprint density at radius 3 is 2.56 bits per heavy atom. The van der Waals surface area contributed by atoms with E-state index in [-0.39, 0.29) is 11.6 Å². The SMILES string of the molecule is O=C1OC(c2ccccc2Cl)=NC1=Cc1cnn(Cc2ccccc2Cl)c1. The number of carbonyl (C=O) groups excluding carboxylic acids is 1. The number of cyclic esters (lactones) is 1. The third-order valence-electron chi connectivity index (χ3n) is 3.97. The summed E-state index contributed by atoms with van der Waals surface area (Å²) in [5.41, 5.74) is 2.46. The van der Waals surface area contributed by atoms with Gasteiger partial charge in [-0.05, 0) is 29.8 Å². The number of aliphatic imine (C=N–C) groups is 1. The van der Waals surface area contributed by atoms with Crippen LogP contribution >= 0.6 is 23.2 Å². The molecule has 2 aromatic carbocycles. The first kappa shape index (κ1) is 17.5. The molecule has 0 radical (unpaired) electrons. The van der Waals surface area contributed by atoms with E-state index in [4.69, 9.17) is 27.9 Å². The standard InChI is InChI=1S/C20H13Cl2N3O2/c21-16-7-3-1-5-14(16)12-25-11-13(10-23-25)9-18-20(26)27-19(24-18)15-6-2-4-8-17(15)22/h1-11H,12H2. The van der Waals surface area contributed by atoms with Gasteiger partial charge >= 0.3 is 5.97 Å². The van der Waals surface area contributed by atoms with Gasteiger partial charge in [0.1, 0.15) is 0 Å². The summed E-state index contributed by atoms with van der Waals surface area (Å²) in [4.78, 5) is 16.4. The van der Waals surface area contributed by atoms with Gasteiger partial charge in [-0.2, -0.15) is 5.10 Å². The zero-order valence-corrected chi connectivity index (χ0v) is 15.5. The van der Waals surface area contributed by atoms with Crippen molar-refractivity contribution < 1.29 is 9.53 Å². The molecule has 0 fully saturated rings. The van der Waals surface area contributed by atoms with Crippen molar-refractivity contribution in [2.75, 3.05) is 0 Å². The van der Waals surface area contributed by atoms with E-state index in [9.17, 15) is 4.79 Å². The van der Waals surface area contributed by atoms with Gasteiger partial charge in [-0.25, -0.2) is 9.79 Å². The molecule has 0 spiro atoms. The summed E-state index contributed by atoms with van der Waals surface area (Å²) in [6, 6.07) is 14.6. The van der Waals surface area contributed by atoms with Crippen molar-refractivity contribution in [2.45, 2.75) is 6.54 Å². The molecule has 27 heavy (non-hydrogen) atoms. The molecule has 7 heteroatoms. The van der Waals surface area contributed by atoms with Gasteiger partial charge in [0, 0.05) is 16.8 Å². The molecule has 4 rings (SSSR count). The maximum atomic E-state index is 12.1. The molecular weight excluding hydrogens is 385 g/mol. The number of benzene rings is 2. The Morgan fingerprint density at radius 1 is 1.04 bits per heavy atom. The van der Waals surface area contributed by atoms with Gasteiger partial charge in [0.2, 0.25) is 5.90 Å². The highest BCUT2D eigenvalue weighted by molar-refractivity contribution is 6.34. The first-order chi connectivity index (χ1) is 13.1. The van der Waals surface area contributed by atoms with Crippen LogP contribution in [0.15, 0.2) is 71.6 Å². The summed E-state index contributed by atoms with van der Waals surface area (Å²) < 4.78 is 6.99. The van der Waals surface area contributed by atoms with E-state index in [2.05, 4.69) is 10.1 Å². The predicted molar refractivity (Wildman–Crippen MR) is 105 cm³/mol. The molecule has 0 bridgehead atoms. The van der Waals surface area contributed by atoms with Crippen LogP contribution in [0.5, 0.6) is 0 Å². The second-order valence-electron chi connectivity index (χ2n) is 5.88. The van der Waals surface area contributed by atoms with E-state index in [0.29, 0.717) is 22.2 Å². The molecule has 3 aromatic rings. The van der Waals surface area contributed by atoms with Gasteiger partial charge in [-0.1, -0.05) is 53.5 Å². The van der Waals surface area contributed by atoms with Crippen molar-refractivity contribution in [3.63, 3.8) is 0 Å². The van der Waals surface area contributed by atoms with Crippen molar-refractivity contribution in [1.29, 1.82) is 0 Å². The van der Waals surface area contributed by atoms with Gasteiger partial charge < -0.3 is 4.74 Å². The van der Waals surface area contributed by atoms with Crippen LogP contribution in [-0.2, 0) is 16.1 Å². The second kappa shape index (κ2) is 7.39. The number of nitrogens with zero attached hydrogens (tertiary/aromatic N) is 3. The van der Waals surface area contributed by atoms with Crippen LogP contribution in [0.3, 0.4) is 0 Å². The average Bonchev–Trinajstić information content (AvgIpc) is 3.24. The minimum absolute atomic E-state index is 0.195. The van der Waals surface area contributed by atoms with Crippen LogP contribution < -0.4 is 0 Å². The molecule has 1 aromatic heterocycles. The van der Waals surface area contributed by atoms with E-state index in [1.165, 1.54) is 0 Å². The summed E-state index contributed by atoms with van der Waals surface area (Å²) >= 11 is 12.3. The monoisotopic (exact) mass is 397 g/mol. The Labute approximate surface area is 165 Å². The number of hydrogen-bond donors (Lipinski definition) is 0. The lowest BCUT2D eigenvalue weighted by molar-refractivity contribution is -0.129. The van der Waals surface area contributed by atoms with Crippen molar-refractivity contribution in [1.82, 2.24) is 9.78 Å². The van der Waals surface area contributed by atoms with Crippen molar-refractivity contribution in [3.8, 4) is 0 Å². The second-order valence-corrected chi connectivity index (χ2v) is 6.69. The molecule has 0 amide bonds. The molecule has 1 aliphatic heterocycles. The van der Waals surface area contributed by atoms with Gasteiger partial charge in [0.25, 0.3) is 0 Å². The molecule has 1 aliphatic rings. The highest BCUT2D eigenvalue weighted by atomic mass is 35.5. The van der Waals surface area contributed by atoms with Gasteiger partial charge in [-0.15, -0.1) is 0 Å². The summed E-state index contributed by atoms with van der Waals surface area (Å²) in [7, 11) is 0. The summed E-state index contributed by atoms with van der Waals surface area (Å²) in [5, 5.41) is 5.45. The summed E-state index contributed by atoms with van der Waals surface area (Å²) in [6.07, 6.45) is 5.09. The number of hydrogen-bond acceptors (Lipinski definition) is 4. The molecular formula is C20H13Cl2N3O2. The van der Waals surface area contributed by atoms with Crippen LogP contribution in [0, 0.1) is 0 Å². The highest BCUT2D eigenvalue weighted by Crippen LogP contribution is 2.23. The third kappa shape index (κ3) is 3.79. The predicted octanol–water partition coefficient (Wildman–Crippen LogP) is 4.58. The van der Waals surface area contributed by atoms with Crippen LogP contribution in [-0.4, -0.2) is 21.6 Å².